The first-order chi connectivity index (χ1) is 10.2. The normalized spacial score (nSPS) is 11.5. The lowest BCUT2D eigenvalue weighted by atomic mass is 9.88. The molecule has 0 spiro atoms. The first-order valence-electron chi connectivity index (χ1n) is 6.91. The van der Waals surface area contributed by atoms with Gasteiger partial charge >= 0.3 is 5.97 Å². The molecule has 2 aromatic rings. The molecule has 0 fully saturated rings. The third-order valence-corrected chi connectivity index (χ3v) is 3.24. The van der Waals surface area contributed by atoms with Crippen LogP contribution < -0.4 is 4.74 Å². The highest BCUT2D eigenvalue weighted by atomic mass is 16.5. The fraction of sp³-hybridized carbons (Fsp3) is 0.375. The predicted molar refractivity (Wildman–Crippen MR) is 81.8 cm³/mol. The molecule has 0 aliphatic carbocycles. The van der Waals surface area contributed by atoms with E-state index in [1.54, 1.807) is 24.3 Å². The van der Waals surface area contributed by atoms with Crippen molar-refractivity contribution in [2.45, 2.75) is 32.6 Å². The summed E-state index contributed by atoms with van der Waals surface area (Å²) in [5, 5.41) is 23.3. The molecule has 1 aromatic heterocycles. The molecule has 6 nitrogen and oxygen atoms in total. The molecule has 22 heavy (non-hydrogen) atoms. The maximum absolute atomic E-state index is 11.2. The van der Waals surface area contributed by atoms with Gasteiger partial charge in [-0.2, -0.15) is 5.10 Å². The number of rotatable bonds is 4. The topological polar surface area (TPSA) is 84.6 Å². The Hall–Kier alpha value is -2.50. The first kappa shape index (κ1) is 15.9. The summed E-state index contributed by atoms with van der Waals surface area (Å²) in [6.07, 6.45) is -0.172. The molecule has 0 saturated carbocycles. The van der Waals surface area contributed by atoms with Crippen molar-refractivity contribution in [2.24, 2.45) is 0 Å². The number of hydrogen-bond acceptors (Lipinski definition) is 4. The highest BCUT2D eigenvalue weighted by Gasteiger charge is 2.29. The van der Waals surface area contributed by atoms with E-state index in [0.29, 0.717) is 22.8 Å². The molecular formula is C16H20N2O4. The van der Waals surface area contributed by atoms with E-state index >= 15 is 0 Å². The van der Waals surface area contributed by atoms with E-state index in [2.05, 4.69) is 5.10 Å². The van der Waals surface area contributed by atoms with Crippen LogP contribution in [0.25, 0.3) is 5.69 Å². The number of phenols is 1. The Balaban J connectivity index is 2.70. The molecule has 1 heterocycles. The molecule has 0 atom stereocenters. The van der Waals surface area contributed by atoms with E-state index in [0.717, 1.165) is 0 Å². The predicted octanol–water partition coefficient (Wildman–Crippen LogP) is 2.51. The monoisotopic (exact) mass is 304 g/mol. The Morgan fingerprint density at radius 1 is 1.36 bits per heavy atom. The molecule has 6 heteroatoms. The molecule has 1 aromatic carbocycles. The van der Waals surface area contributed by atoms with Gasteiger partial charge in [0.05, 0.1) is 24.9 Å². The van der Waals surface area contributed by atoms with Crippen LogP contribution in [-0.2, 0) is 16.6 Å². The van der Waals surface area contributed by atoms with E-state index < -0.39 is 5.97 Å². The molecule has 0 amide bonds. The van der Waals surface area contributed by atoms with E-state index in [4.69, 9.17) is 9.84 Å². The van der Waals surface area contributed by atoms with Crippen molar-refractivity contribution in [1.82, 2.24) is 9.78 Å². The van der Waals surface area contributed by atoms with Gasteiger partial charge in [-0.15, -0.1) is 0 Å². The van der Waals surface area contributed by atoms with Crippen LogP contribution in [0.15, 0.2) is 24.3 Å². The zero-order chi connectivity index (χ0) is 16.5. The van der Waals surface area contributed by atoms with Gasteiger partial charge in [-0.05, 0) is 12.1 Å². The number of aliphatic carboxylic acids is 1. The van der Waals surface area contributed by atoms with Gasteiger partial charge in [-0.1, -0.05) is 26.8 Å². The van der Waals surface area contributed by atoms with Crippen molar-refractivity contribution >= 4 is 5.97 Å². The average Bonchev–Trinajstić information content (AvgIpc) is 2.76. The van der Waals surface area contributed by atoms with Crippen LogP contribution in [0.3, 0.4) is 0 Å². The van der Waals surface area contributed by atoms with Crippen LogP contribution >= 0.6 is 0 Å². The second-order valence-corrected chi connectivity index (χ2v) is 6.09. The summed E-state index contributed by atoms with van der Waals surface area (Å²) in [7, 11) is 1.48. The summed E-state index contributed by atoms with van der Waals surface area (Å²) in [6, 6.07) is 6.57. The summed E-state index contributed by atoms with van der Waals surface area (Å²) in [4.78, 5) is 11.2. The number of benzene rings is 1. The minimum atomic E-state index is -0.945. The standard InChI is InChI=1S/C16H20N2O4/c1-16(2,3)14-12(9-13(20)21)15(22-4)18(17-14)10-6-5-7-11(19)8-10/h5-8,19H,9H2,1-4H3,(H,20,21). The van der Waals surface area contributed by atoms with Crippen molar-refractivity contribution in [3.8, 4) is 17.3 Å². The molecule has 0 bridgehead atoms. The van der Waals surface area contributed by atoms with Crippen LogP contribution in [0.4, 0.5) is 0 Å². The summed E-state index contributed by atoms with van der Waals surface area (Å²) >= 11 is 0. The van der Waals surface area contributed by atoms with Gasteiger partial charge in [-0.3, -0.25) is 4.79 Å². The SMILES string of the molecule is COc1c(CC(=O)O)c(C(C)(C)C)nn1-c1cccc(O)c1. The number of carboxylic acids is 1. The summed E-state index contributed by atoms with van der Waals surface area (Å²) in [6.45, 7) is 5.90. The zero-order valence-corrected chi connectivity index (χ0v) is 13.1. The van der Waals surface area contributed by atoms with E-state index in [1.807, 2.05) is 20.8 Å². The number of hydrogen-bond donors (Lipinski definition) is 2. The third-order valence-electron chi connectivity index (χ3n) is 3.24. The number of carboxylic acid groups (broad SMARTS) is 1. The van der Waals surface area contributed by atoms with Gasteiger partial charge < -0.3 is 14.9 Å². The van der Waals surface area contributed by atoms with Crippen LogP contribution in [0.1, 0.15) is 32.0 Å². The number of phenolic OH excluding ortho intramolecular Hbond substituents is 1. The van der Waals surface area contributed by atoms with Crippen molar-refractivity contribution in [2.75, 3.05) is 7.11 Å². The van der Waals surface area contributed by atoms with Crippen LogP contribution in [0.5, 0.6) is 11.6 Å². The molecule has 0 unspecified atom stereocenters. The quantitative estimate of drug-likeness (QED) is 0.906. The lowest BCUT2D eigenvalue weighted by Crippen LogP contribution is -2.16. The Kier molecular flexibility index (Phi) is 4.12. The number of ether oxygens (including phenoxy) is 1. The Morgan fingerprint density at radius 2 is 2.05 bits per heavy atom. The number of aromatic hydroxyl groups is 1. The fourth-order valence-corrected chi connectivity index (χ4v) is 2.36. The van der Waals surface area contributed by atoms with E-state index in [9.17, 15) is 9.90 Å². The highest BCUT2D eigenvalue weighted by molar-refractivity contribution is 5.72. The lowest BCUT2D eigenvalue weighted by Gasteiger charge is -2.16. The second-order valence-electron chi connectivity index (χ2n) is 6.09. The van der Waals surface area contributed by atoms with Crippen molar-refractivity contribution in [3.05, 3.63) is 35.5 Å². The van der Waals surface area contributed by atoms with E-state index in [1.165, 1.54) is 11.8 Å². The van der Waals surface area contributed by atoms with Crippen molar-refractivity contribution in [1.29, 1.82) is 0 Å². The molecular weight excluding hydrogens is 284 g/mol. The van der Waals surface area contributed by atoms with Crippen LogP contribution in [0, 0.1) is 0 Å². The van der Waals surface area contributed by atoms with E-state index in [-0.39, 0.29) is 17.6 Å². The smallest absolute Gasteiger partial charge is 0.308 e. The molecule has 118 valence electrons. The highest BCUT2D eigenvalue weighted by Crippen LogP contribution is 2.34. The van der Waals surface area contributed by atoms with Crippen molar-refractivity contribution < 1.29 is 19.7 Å². The zero-order valence-electron chi connectivity index (χ0n) is 13.1. The lowest BCUT2D eigenvalue weighted by molar-refractivity contribution is -0.136. The number of carbonyl (C=O) groups is 1. The van der Waals surface area contributed by atoms with Crippen molar-refractivity contribution in [3.63, 3.8) is 0 Å². The van der Waals surface area contributed by atoms with Gasteiger partial charge in [0.15, 0.2) is 0 Å². The molecule has 2 rings (SSSR count). The fourth-order valence-electron chi connectivity index (χ4n) is 2.36. The van der Waals surface area contributed by atoms with Gasteiger partial charge in [0.25, 0.3) is 0 Å². The minimum Gasteiger partial charge on any atom is -0.508 e. The third kappa shape index (κ3) is 3.05. The molecule has 0 aliphatic rings. The van der Waals surface area contributed by atoms with Crippen LogP contribution in [0.2, 0.25) is 0 Å². The second kappa shape index (κ2) is 5.71. The largest absolute Gasteiger partial charge is 0.508 e. The van der Waals surface area contributed by atoms with Crippen LogP contribution in [-0.4, -0.2) is 33.1 Å². The maximum atomic E-state index is 11.2. The Labute approximate surface area is 129 Å². The summed E-state index contributed by atoms with van der Waals surface area (Å²) in [5.74, 6) is -0.468. The molecule has 0 saturated heterocycles. The first-order valence-corrected chi connectivity index (χ1v) is 6.91. The molecule has 0 radical (unpaired) electrons. The maximum Gasteiger partial charge on any atom is 0.308 e. The van der Waals surface area contributed by atoms with Gasteiger partial charge in [0, 0.05) is 17.0 Å². The number of aromatic nitrogens is 2. The van der Waals surface area contributed by atoms with Gasteiger partial charge in [0.1, 0.15) is 5.75 Å². The minimum absolute atomic E-state index is 0.104. The Morgan fingerprint density at radius 3 is 2.55 bits per heavy atom. The van der Waals surface area contributed by atoms with Gasteiger partial charge in [0.2, 0.25) is 5.88 Å². The summed E-state index contributed by atoms with van der Waals surface area (Å²) < 4.78 is 6.93. The Bertz CT molecular complexity index is 699. The average molecular weight is 304 g/mol. The number of nitrogens with zero attached hydrogens (tertiary/aromatic N) is 2. The number of methoxy groups -OCH3 is 1. The molecule has 0 aliphatic heterocycles. The van der Waals surface area contributed by atoms with Gasteiger partial charge in [-0.25, -0.2) is 4.68 Å². The summed E-state index contributed by atoms with van der Waals surface area (Å²) in [5.41, 5.74) is 1.49. The molecule has 2 N–H and O–H groups in total.